The van der Waals surface area contributed by atoms with Crippen molar-refractivity contribution in [3.8, 4) is 0 Å². The minimum Gasteiger partial charge on any atom is -0.391 e. The van der Waals surface area contributed by atoms with Gasteiger partial charge < -0.3 is 25.8 Å². The van der Waals surface area contributed by atoms with Crippen LogP contribution in [0.2, 0.25) is 0 Å². The Bertz CT molecular complexity index is 281. The van der Waals surface area contributed by atoms with Gasteiger partial charge in [0.15, 0.2) is 0 Å². The maximum absolute atomic E-state index is 11.5. The Hall–Kier alpha value is -1.11. The number of aliphatic hydroxyl groups is 1. The lowest BCUT2D eigenvalue weighted by atomic mass is 10.0. The van der Waals surface area contributed by atoms with Crippen molar-refractivity contribution in [2.45, 2.75) is 25.1 Å². The van der Waals surface area contributed by atoms with Gasteiger partial charge in [-0.15, -0.1) is 6.58 Å². The first-order valence-corrected chi connectivity index (χ1v) is 5.68. The number of amides is 2. The van der Waals surface area contributed by atoms with Crippen LogP contribution in [0.4, 0.5) is 4.79 Å². The molecule has 1 aliphatic heterocycles. The first kappa shape index (κ1) is 14.0. The van der Waals surface area contributed by atoms with E-state index in [9.17, 15) is 9.90 Å². The maximum Gasteiger partial charge on any atom is 0.318 e. The lowest BCUT2D eigenvalue weighted by molar-refractivity contribution is 0.0129. The molecule has 1 aliphatic rings. The fraction of sp³-hybridized carbons (Fsp3) is 0.727. The molecule has 1 rings (SSSR count). The number of nitrogens with two attached hydrogens (primary N) is 1. The zero-order valence-electron chi connectivity index (χ0n) is 10.2. The molecule has 98 valence electrons. The third-order valence-corrected chi connectivity index (χ3v) is 2.67. The van der Waals surface area contributed by atoms with Crippen LogP contribution in [0.1, 0.15) is 13.3 Å². The van der Waals surface area contributed by atoms with Crippen molar-refractivity contribution < 1.29 is 14.6 Å². The summed E-state index contributed by atoms with van der Waals surface area (Å²) in [4.78, 5) is 13.0. The topological polar surface area (TPSA) is 87.8 Å². The molecule has 17 heavy (non-hydrogen) atoms. The predicted octanol–water partition coefficient (Wildman–Crippen LogP) is -0.360. The number of carbonyl (C=O) groups excluding carboxylic acids is 1. The molecule has 4 N–H and O–H groups in total. The highest BCUT2D eigenvalue weighted by Crippen LogP contribution is 2.17. The summed E-state index contributed by atoms with van der Waals surface area (Å²) >= 11 is 0. The first-order chi connectivity index (χ1) is 7.97. The van der Waals surface area contributed by atoms with E-state index in [4.69, 9.17) is 10.5 Å². The van der Waals surface area contributed by atoms with Crippen molar-refractivity contribution in [3.63, 3.8) is 0 Å². The van der Waals surface area contributed by atoms with E-state index in [0.29, 0.717) is 19.7 Å². The highest BCUT2D eigenvalue weighted by atomic mass is 16.5. The summed E-state index contributed by atoms with van der Waals surface area (Å²) in [6, 6.07) is -0.186. The average Bonchev–Trinajstić information content (AvgIpc) is 2.64. The number of ether oxygens (including phenoxy) is 1. The van der Waals surface area contributed by atoms with Crippen LogP contribution in [-0.4, -0.2) is 54.1 Å². The smallest absolute Gasteiger partial charge is 0.318 e. The Kier molecular flexibility index (Phi) is 4.92. The van der Waals surface area contributed by atoms with Gasteiger partial charge in [-0.1, -0.05) is 6.08 Å². The molecule has 2 unspecified atom stereocenters. The van der Waals surface area contributed by atoms with Gasteiger partial charge in [-0.3, -0.25) is 0 Å². The molecule has 0 spiro atoms. The van der Waals surface area contributed by atoms with Crippen molar-refractivity contribution in [1.82, 2.24) is 10.2 Å². The second-order valence-corrected chi connectivity index (χ2v) is 4.42. The second kappa shape index (κ2) is 6.00. The normalized spacial score (nSPS) is 20.9. The number of hydrogen-bond donors (Lipinski definition) is 3. The number of nitrogens with one attached hydrogen (secondary N) is 1. The molecule has 0 bridgehead atoms. The third-order valence-electron chi connectivity index (χ3n) is 2.67. The molecular weight excluding hydrogens is 222 g/mol. The van der Waals surface area contributed by atoms with E-state index >= 15 is 0 Å². The van der Waals surface area contributed by atoms with Gasteiger partial charge in [0.25, 0.3) is 0 Å². The average molecular weight is 243 g/mol. The van der Waals surface area contributed by atoms with E-state index in [1.807, 2.05) is 0 Å². The Labute approximate surface area is 101 Å². The van der Waals surface area contributed by atoms with E-state index in [2.05, 4.69) is 11.9 Å². The van der Waals surface area contributed by atoms with Gasteiger partial charge in [-0.2, -0.15) is 0 Å². The molecule has 0 aromatic rings. The van der Waals surface area contributed by atoms with Gasteiger partial charge in [0.2, 0.25) is 0 Å². The molecule has 0 saturated carbocycles. The van der Waals surface area contributed by atoms with Crippen LogP contribution in [0.15, 0.2) is 12.7 Å². The fourth-order valence-electron chi connectivity index (χ4n) is 1.89. The standard InChI is InChI=1S/C11H21N3O3/c1-3-6-17-8-9(15)7-11(2,12)14-5-4-13-10(14)16/h3,9,15H,1,4-8,12H2,2H3,(H,13,16). The molecule has 1 saturated heterocycles. The molecule has 0 aromatic heterocycles. The molecule has 6 nitrogen and oxygen atoms in total. The summed E-state index contributed by atoms with van der Waals surface area (Å²) < 4.78 is 5.14. The van der Waals surface area contributed by atoms with Gasteiger partial charge in [0.1, 0.15) is 0 Å². The number of carbonyl (C=O) groups is 1. The van der Waals surface area contributed by atoms with Crippen molar-refractivity contribution in [3.05, 3.63) is 12.7 Å². The molecule has 1 heterocycles. The number of aliphatic hydroxyl groups excluding tert-OH is 1. The molecule has 0 aromatic carbocycles. The van der Waals surface area contributed by atoms with Crippen LogP contribution in [0.25, 0.3) is 0 Å². The van der Waals surface area contributed by atoms with E-state index in [1.54, 1.807) is 13.0 Å². The number of urea groups is 1. The van der Waals surface area contributed by atoms with E-state index in [1.165, 1.54) is 4.90 Å². The van der Waals surface area contributed by atoms with Crippen molar-refractivity contribution >= 4 is 6.03 Å². The summed E-state index contributed by atoms with van der Waals surface area (Å²) in [5, 5.41) is 12.4. The predicted molar refractivity (Wildman–Crippen MR) is 64.3 cm³/mol. The summed E-state index contributed by atoms with van der Waals surface area (Å²) in [7, 11) is 0. The van der Waals surface area contributed by atoms with Gasteiger partial charge in [-0.25, -0.2) is 4.79 Å². The summed E-state index contributed by atoms with van der Waals surface area (Å²) in [5.41, 5.74) is 5.18. The zero-order chi connectivity index (χ0) is 12.9. The second-order valence-electron chi connectivity index (χ2n) is 4.42. The number of nitrogens with zero attached hydrogens (tertiary/aromatic N) is 1. The van der Waals surface area contributed by atoms with Crippen LogP contribution in [-0.2, 0) is 4.74 Å². The zero-order valence-corrected chi connectivity index (χ0v) is 10.2. The molecular formula is C11H21N3O3. The van der Waals surface area contributed by atoms with Gasteiger partial charge in [-0.05, 0) is 6.92 Å². The molecule has 0 aliphatic carbocycles. The third kappa shape index (κ3) is 3.99. The molecule has 2 amide bonds. The summed E-state index contributed by atoms with van der Waals surface area (Å²) in [6.07, 6.45) is 1.19. The van der Waals surface area contributed by atoms with Crippen molar-refractivity contribution in [2.24, 2.45) is 5.73 Å². The quantitative estimate of drug-likeness (QED) is 0.421. The van der Waals surface area contributed by atoms with Crippen molar-refractivity contribution in [1.29, 1.82) is 0 Å². The monoisotopic (exact) mass is 243 g/mol. The largest absolute Gasteiger partial charge is 0.391 e. The number of hydrogen-bond acceptors (Lipinski definition) is 4. The van der Waals surface area contributed by atoms with Crippen LogP contribution in [0.5, 0.6) is 0 Å². The Morgan fingerprint density at radius 3 is 3.06 bits per heavy atom. The van der Waals surface area contributed by atoms with E-state index in [0.717, 1.165) is 0 Å². The lowest BCUT2D eigenvalue weighted by Crippen LogP contribution is -2.56. The Morgan fingerprint density at radius 1 is 1.82 bits per heavy atom. The van der Waals surface area contributed by atoms with Crippen LogP contribution < -0.4 is 11.1 Å². The Morgan fingerprint density at radius 2 is 2.53 bits per heavy atom. The van der Waals surface area contributed by atoms with Crippen LogP contribution >= 0.6 is 0 Å². The molecule has 2 atom stereocenters. The minimum atomic E-state index is -0.864. The first-order valence-electron chi connectivity index (χ1n) is 5.68. The van der Waals surface area contributed by atoms with Gasteiger partial charge in [0.05, 0.1) is 25.0 Å². The minimum absolute atomic E-state index is 0.186. The maximum atomic E-state index is 11.5. The SMILES string of the molecule is C=CCOCC(O)CC(C)(N)N1CCNC1=O. The summed E-state index contributed by atoms with van der Waals surface area (Å²) in [6.45, 7) is 6.98. The highest BCUT2D eigenvalue weighted by Gasteiger charge is 2.36. The van der Waals surface area contributed by atoms with Crippen LogP contribution in [0.3, 0.4) is 0 Å². The number of rotatable bonds is 7. The molecule has 6 heteroatoms. The van der Waals surface area contributed by atoms with Crippen LogP contribution in [0, 0.1) is 0 Å². The molecule has 0 radical (unpaired) electrons. The van der Waals surface area contributed by atoms with Gasteiger partial charge in [0, 0.05) is 19.5 Å². The molecule has 1 fully saturated rings. The Balaban J connectivity index is 2.41. The fourth-order valence-corrected chi connectivity index (χ4v) is 1.89. The van der Waals surface area contributed by atoms with Crippen molar-refractivity contribution in [2.75, 3.05) is 26.3 Å². The summed E-state index contributed by atoms with van der Waals surface area (Å²) in [5.74, 6) is 0. The van der Waals surface area contributed by atoms with E-state index < -0.39 is 11.8 Å². The highest BCUT2D eigenvalue weighted by molar-refractivity contribution is 5.76. The van der Waals surface area contributed by atoms with Gasteiger partial charge >= 0.3 is 6.03 Å². The van der Waals surface area contributed by atoms with E-state index in [-0.39, 0.29) is 19.1 Å². The lowest BCUT2D eigenvalue weighted by Gasteiger charge is -2.35.